The van der Waals surface area contributed by atoms with Crippen molar-refractivity contribution in [2.45, 2.75) is 6.92 Å². The van der Waals surface area contributed by atoms with Crippen LogP contribution in [-0.4, -0.2) is 40.0 Å². The minimum absolute atomic E-state index is 0.0000388. The Morgan fingerprint density at radius 2 is 1.88 bits per heavy atom. The first-order chi connectivity index (χ1) is 7.80. The van der Waals surface area contributed by atoms with Gasteiger partial charge < -0.3 is 0 Å². The van der Waals surface area contributed by atoms with Gasteiger partial charge in [-0.15, -0.1) is 0 Å². The van der Waals surface area contributed by atoms with Crippen LogP contribution in [0.15, 0.2) is 24.3 Å². The number of carbonyl (C=O) groups is 1. The summed E-state index contributed by atoms with van der Waals surface area (Å²) in [7, 11) is 0. The first-order valence-corrected chi connectivity index (χ1v) is 8.32. The summed E-state index contributed by atoms with van der Waals surface area (Å²) in [6.45, 7) is 1.83. The molecular weight excluding hydrogens is 289 g/mol. The second kappa shape index (κ2) is 5.40. The van der Waals surface area contributed by atoms with Crippen molar-refractivity contribution >= 4 is 30.2 Å². The van der Waals surface area contributed by atoms with Gasteiger partial charge in [0.25, 0.3) is 0 Å². The Labute approximate surface area is 101 Å². The van der Waals surface area contributed by atoms with E-state index in [1.807, 2.05) is 0 Å². The second-order valence-corrected chi connectivity index (χ2v) is 7.08. The van der Waals surface area contributed by atoms with Crippen molar-refractivity contribution in [2.24, 2.45) is 5.92 Å². The maximum absolute atomic E-state index is 11.0. The molecule has 0 aliphatic rings. The molecule has 0 aromatic heterocycles. The Balaban J connectivity index is 2.63. The first-order valence-electron chi connectivity index (χ1n) is 4.93. The quantitative estimate of drug-likeness (QED) is 0.540. The SMILES string of the molecule is CC(CNc1ccc([As](=O)(O)O)cc1)C(=O)O. The van der Waals surface area contributed by atoms with Crippen molar-refractivity contribution < 1.29 is 21.8 Å². The Hall–Kier alpha value is -1.23. The Morgan fingerprint density at radius 3 is 2.29 bits per heavy atom. The summed E-state index contributed by atoms with van der Waals surface area (Å²) in [5.74, 6) is -1.42. The zero-order valence-electron chi connectivity index (χ0n) is 9.20. The molecule has 1 aromatic rings. The third-order valence-corrected chi connectivity index (χ3v) is 4.27. The number of carboxylic acid groups (broad SMARTS) is 1. The molecule has 0 radical (unpaired) electrons. The predicted octanol–water partition coefficient (Wildman–Crippen LogP) is -0.620. The van der Waals surface area contributed by atoms with Crippen molar-refractivity contribution in [2.75, 3.05) is 11.9 Å². The van der Waals surface area contributed by atoms with Crippen molar-refractivity contribution in [1.29, 1.82) is 0 Å². The van der Waals surface area contributed by atoms with Gasteiger partial charge in [0, 0.05) is 0 Å². The van der Waals surface area contributed by atoms with Crippen LogP contribution in [0.3, 0.4) is 0 Å². The molecule has 0 heterocycles. The summed E-state index contributed by atoms with van der Waals surface area (Å²) in [6, 6.07) is 5.72. The maximum atomic E-state index is 11.0. The molecule has 0 fully saturated rings. The van der Waals surface area contributed by atoms with E-state index in [-0.39, 0.29) is 10.9 Å². The summed E-state index contributed by atoms with van der Waals surface area (Å²) < 4.78 is 28.8. The summed E-state index contributed by atoms with van der Waals surface area (Å²) in [5.41, 5.74) is 0.630. The van der Waals surface area contributed by atoms with Crippen LogP contribution in [0.25, 0.3) is 0 Å². The van der Waals surface area contributed by atoms with Crippen LogP contribution in [0.2, 0.25) is 0 Å². The molecule has 0 spiro atoms. The molecule has 1 unspecified atom stereocenters. The molecule has 0 saturated carbocycles. The number of hydrogen-bond donors (Lipinski definition) is 4. The molecule has 0 saturated heterocycles. The van der Waals surface area contributed by atoms with E-state index in [4.69, 9.17) is 13.3 Å². The molecule has 17 heavy (non-hydrogen) atoms. The molecule has 1 atom stereocenters. The number of benzene rings is 1. The molecule has 7 heteroatoms. The van der Waals surface area contributed by atoms with E-state index in [9.17, 15) is 8.53 Å². The number of nitrogens with one attached hydrogen (secondary N) is 1. The van der Waals surface area contributed by atoms with Gasteiger partial charge in [0.05, 0.1) is 0 Å². The summed E-state index contributed by atoms with van der Waals surface area (Å²) in [6.07, 6.45) is 0. The van der Waals surface area contributed by atoms with E-state index < -0.39 is 26.1 Å². The molecule has 4 N–H and O–H groups in total. The minimum atomic E-state index is -4.82. The average Bonchev–Trinajstić information content (AvgIpc) is 2.25. The van der Waals surface area contributed by atoms with Crippen molar-refractivity contribution in [3.05, 3.63) is 24.3 Å². The number of hydrogen-bond acceptors (Lipinski definition) is 3. The van der Waals surface area contributed by atoms with E-state index >= 15 is 0 Å². The fourth-order valence-corrected chi connectivity index (χ4v) is 2.26. The third kappa shape index (κ3) is 4.26. The summed E-state index contributed by atoms with van der Waals surface area (Å²) in [5, 5.41) is 11.5. The van der Waals surface area contributed by atoms with Gasteiger partial charge in [-0.3, -0.25) is 0 Å². The fourth-order valence-electron chi connectivity index (χ4n) is 1.13. The average molecular weight is 303 g/mol. The van der Waals surface area contributed by atoms with Crippen LogP contribution in [0, 0.1) is 5.92 Å². The topological polar surface area (TPSA) is 107 Å². The number of carboxylic acids is 1. The molecule has 0 amide bonds. The van der Waals surface area contributed by atoms with E-state index in [1.54, 1.807) is 6.92 Å². The predicted molar refractivity (Wildman–Crippen MR) is 62.2 cm³/mol. The molecule has 6 nitrogen and oxygen atoms in total. The van der Waals surface area contributed by atoms with Crippen LogP contribution in [0.4, 0.5) is 5.69 Å². The Kier molecular flexibility index (Phi) is 4.39. The van der Waals surface area contributed by atoms with Crippen molar-refractivity contribution in [1.82, 2.24) is 0 Å². The fraction of sp³-hybridized carbons (Fsp3) is 0.300. The molecular formula is C10H14AsNO5. The molecule has 1 aromatic carbocycles. The van der Waals surface area contributed by atoms with E-state index in [2.05, 4.69) is 5.32 Å². The summed E-state index contributed by atoms with van der Waals surface area (Å²) in [4.78, 5) is 10.6. The van der Waals surface area contributed by atoms with Gasteiger partial charge in [-0.1, -0.05) is 0 Å². The van der Waals surface area contributed by atoms with Gasteiger partial charge >= 0.3 is 101 Å². The Morgan fingerprint density at radius 1 is 1.35 bits per heavy atom. The van der Waals surface area contributed by atoms with Crippen LogP contribution in [0.5, 0.6) is 0 Å². The third-order valence-electron chi connectivity index (χ3n) is 2.24. The van der Waals surface area contributed by atoms with Gasteiger partial charge in [-0.05, 0) is 0 Å². The van der Waals surface area contributed by atoms with Gasteiger partial charge in [0.2, 0.25) is 0 Å². The van der Waals surface area contributed by atoms with Crippen LogP contribution < -0.4 is 9.67 Å². The molecule has 1 rings (SSSR count). The standard InChI is InChI=1S/C10H14AsNO5/c1-7(10(13)14)6-12-9-4-2-8(3-5-9)11(15,16)17/h2-5,7,12H,6H2,1H3,(H,13,14)(H2,15,16,17). The van der Waals surface area contributed by atoms with Crippen LogP contribution in [0.1, 0.15) is 6.92 Å². The zero-order valence-corrected chi connectivity index (χ0v) is 11.1. The van der Waals surface area contributed by atoms with Gasteiger partial charge in [-0.25, -0.2) is 0 Å². The second-order valence-electron chi connectivity index (χ2n) is 3.71. The zero-order chi connectivity index (χ0) is 13.1. The molecule has 0 aliphatic heterocycles. The van der Waals surface area contributed by atoms with Crippen molar-refractivity contribution in [3.8, 4) is 0 Å². The van der Waals surface area contributed by atoms with Gasteiger partial charge in [-0.2, -0.15) is 0 Å². The first kappa shape index (κ1) is 13.8. The van der Waals surface area contributed by atoms with Gasteiger partial charge in [0.15, 0.2) is 0 Å². The van der Waals surface area contributed by atoms with Crippen LogP contribution >= 0.6 is 0 Å². The van der Waals surface area contributed by atoms with Crippen LogP contribution in [-0.2, 0) is 8.53 Å². The van der Waals surface area contributed by atoms with Gasteiger partial charge in [0.1, 0.15) is 0 Å². The number of anilines is 1. The molecule has 94 valence electrons. The Bertz CT molecular complexity index is 439. The molecule has 0 aliphatic carbocycles. The number of aliphatic carboxylic acids is 1. The van der Waals surface area contributed by atoms with E-state index in [0.29, 0.717) is 5.69 Å². The van der Waals surface area contributed by atoms with E-state index in [0.717, 1.165) is 0 Å². The van der Waals surface area contributed by atoms with Crippen molar-refractivity contribution in [3.63, 3.8) is 0 Å². The monoisotopic (exact) mass is 303 g/mol. The summed E-state index contributed by atoms with van der Waals surface area (Å²) >= 11 is -4.82. The number of rotatable bonds is 5. The van der Waals surface area contributed by atoms with E-state index in [1.165, 1.54) is 24.3 Å². The molecule has 0 bridgehead atoms. The normalized spacial score (nSPS) is 13.1.